The number of hydrogen-bond donors (Lipinski definition) is 2. The number of amides is 1. The van der Waals surface area contributed by atoms with Crippen LogP contribution in [0.25, 0.3) is 22.0 Å². The van der Waals surface area contributed by atoms with E-state index in [1.54, 1.807) is 12.5 Å². The molecule has 0 saturated heterocycles. The average Bonchev–Trinajstić information content (AvgIpc) is 3.42. The van der Waals surface area contributed by atoms with Crippen molar-refractivity contribution in [1.29, 1.82) is 0 Å². The zero-order valence-corrected chi connectivity index (χ0v) is 17.7. The van der Waals surface area contributed by atoms with Gasteiger partial charge in [-0.2, -0.15) is 5.10 Å². The Morgan fingerprint density at radius 1 is 1.13 bits per heavy atom. The van der Waals surface area contributed by atoms with Crippen LogP contribution >= 0.6 is 11.3 Å². The largest absolute Gasteiger partial charge is 0.497 e. The second kappa shape index (κ2) is 8.46. The molecular formula is C22H21N5O2S. The molecule has 2 N–H and O–H groups in total. The number of nitrogens with one attached hydrogen (secondary N) is 2. The fourth-order valence-electron chi connectivity index (χ4n) is 3.05. The van der Waals surface area contributed by atoms with Gasteiger partial charge < -0.3 is 10.1 Å². The lowest BCUT2D eigenvalue weighted by molar-refractivity contribution is 0.0945. The van der Waals surface area contributed by atoms with Crippen molar-refractivity contribution in [2.75, 3.05) is 7.11 Å². The number of carbonyl (C=O) groups excluding carboxylic acids is 1. The minimum Gasteiger partial charge on any atom is -0.497 e. The van der Waals surface area contributed by atoms with Crippen LogP contribution in [-0.2, 0) is 6.54 Å². The van der Waals surface area contributed by atoms with Crippen LogP contribution in [0.1, 0.15) is 27.4 Å². The molecule has 0 saturated carbocycles. The molecule has 0 fully saturated rings. The van der Waals surface area contributed by atoms with Crippen molar-refractivity contribution in [2.45, 2.75) is 20.4 Å². The highest BCUT2D eigenvalue weighted by atomic mass is 32.1. The first kappa shape index (κ1) is 19.8. The minimum atomic E-state index is -0.246. The molecule has 0 spiro atoms. The van der Waals surface area contributed by atoms with E-state index in [9.17, 15) is 4.79 Å². The zero-order chi connectivity index (χ0) is 21.1. The fourth-order valence-corrected chi connectivity index (χ4v) is 3.94. The van der Waals surface area contributed by atoms with Crippen LogP contribution in [-0.4, -0.2) is 33.2 Å². The number of hydrogen-bond acceptors (Lipinski definition) is 6. The summed E-state index contributed by atoms with van der Waals surface area (Å²) in [6.45, 7) is 4.34. The molecular weight excluding hydrogens is 398 g/mol. The third-order valence-corrected chi connectivity index (χ3v) is 5.52. The number of methoxy groups -OCH3 is 1. The second-order valence-corrected chi connectivity index (χ2v) is 7.73. The maximum atomic E-state index is 12.5. The van der Waals surface area contributed by atoms with E-state index >= 15 is 0 Å². The standard InChI is InChI=1S/C22H21N5O2S/c1-13-4-9-17(14(2)10-13)22-24-18(12-30-22)21(28)23-11-19-25-20(27-26-19)15-5-7-16(29-3)8-6-15/h4-10,12H,11H2,1-3H3,(H,23,28)(H,25,26,27). The second-order valence-electron chi connectivity index (χ2n) is 6.87. The molecule has 0 aliphatic carbocycles. The van der Waals surface area contributed by atoms with E-state index < -0.39 is 0 Å². The Labute approximate surface area is 178 Å². The fraction of sp³-hybridized carbons (Fsp3) is 0.182. The Hall–Kier alpha value is -3.52. The predicted molar refractivity (Wildman–Crippen MR) is 117 cm³/mol. The Balaban J connectivity index is 1.40. The normalized spacial score (nSPS) is 10.8. The lowest BCUT2D eigenvalue weighted by Crippen LogP contribution is -2.23. The highest BCUT2D eigenvalue weighted by Gasteiger charge is 2.14. The summed E-state index contributed by atoms with van der Waals surface area (Å²) in [6, 6.07) is 13.7. The highest BCUT2D eigenvalue weighted by Crippen LogP contribution is 2.27. The summed E-state index contributed by atoms with van der Waals surface area (Å²) in [5.74, 6) is 1.65. The van der Waals surface area contributed by atoms with Crippen molar-refractivity contribution in [3.05, 3.63) is 70.5 Å². The summed E-state index contributed by atoms with van der Waals surface area (Å²) < 4.78 is 5.16. The van der Waals surface area contributed by atoms with Gasteiger partial charge in [0.25, 0.3) is 5.91 Å². The van der Waals surface area contributed by atoms with E-state index in [-0.39, 0.29) is 12.5 Å². The third-order valence-electron chi connectivity index (χ3n) is 4.65. The number of aromatic amines is 1. The first-order valence-corrected chi connectivity index (χ1v) is 10.3. The first-order valence-electron chi connectivity index (χ1n) is 9.40. The highest BCUT2D eigenvalue weighted by molar-refractivity contribution is 7.13. The van der Waals surface area contributed by atoms with Crippen LogP contribution in [0.3, 0.4) is 0 Å². The molecule has 0 aliphatic heterocycles. The molecule has 2 aromatic heterocycles. The molecule has 4 rings (SSSR count). The van der Waals surface area contributed by atoms with Crippen molar-refractivity contribution >= 4 is 17.2 Å². The maximum absolute atomic E-state index is 12.5. The van der Waals surface area contributed by atoms with Crippen LogP contribution in [0.15, 0.2) is 47.8 Å². The Bertz CT molecular complexity index is 1180. The summed E-state index contributed by atoms with van der Waals surface area (Å²) in [5.41, 5.74) is 4.65. The van der Waals surface area contributed by atoms with Gasteiger partial charge in [0.15, 0.2) is 5.82 Å². The van der Waals surface area contributed by atoms with E-state index in [1.807, 2.05) is 43.3 Å². The maximum Gasteiger partial charge on any atom is 0.271 e. The molecule has 4 aromatic rings. The number of aromatic nitrogens is 4. The summed E-state index contributed by atoms with van der Waals surface area (Å²) in [7, 11) is 1.62. The molecule has 2 heterocycles. The molecule has 8 heteroatoms. The molecule has 0 bridgehead atoms. The van der Waals surface area contributed by atoms with Crippen molar-refractivity contribution < 1.29 is 9.53 Å². The first-order chi connectivity index (χ1) is 14.5. The van der Waals surface area contributed by atoms with E-state index in [0.29, 0.717) is 17.3 Å². The van der Waals surface area contributed by atoms with E-state index in [0.717, 1.165) is 27.4 Å². The van der Waals surface area contributed by atoms with Crippen molar-refractivity contribution in [3.63, 3.8) is 0 Å². The summed E-state index contributed by atoms with van der Waals surface area (Å²) >= 11 is 1.46. The van der Waals surface area contributed by atoms with Gasteiger partial charge in [0, 0.05) is 16.5 Å². The Morgan fingerprint density at radius 3 is 2.67 bits per heavy atom. The number of nitrogens with zero attached hydrogens (tertiary/aromatic N) is 3. The van der Waals surface area contributed by atoms with Gasteiger partial charge in [0.05, 0.1) is 13.7 Å². The third kappa shape index (κ3) is 4.23. The lowest BCUT2D eigenvalue weighted by Gasteiger charge is -2.03. The molecule has 0 unspecified atom stereocenters. The predicted octanol–water partition coefficient (Wildman–Crippen LogP) is 4.15. The molecule has 30 heavy (non-hydrogen) atoms. The van der Waals surface area contributed by atoms with Crippen molar-refractivity contribution in [2.24, 2.45) is 0 Å². The number of ether oxygens (including phenoxy) is 1. The van der Waals surface area contributed by atoms with Crippen LogP contribution < -0.4 is 10.1 Å². The zero-order valence-electron chi connectivity index (χ0n) is 16.9. The summed E-state index contributed by atoms with van der Waals surface area (Å²) in [5, 5.41) is 12.5. The van der Waals surface area contributed by atoms with Crippen LogP contribution in [0.4, 0.5) is 0 Å². The monoisotopic (exact) mass is 419 g/mol. The lowest BCUT2D eigenvalue weighted by atomic mass is 10.1. The van der Waals surface area contributed by atoms with E-state index in [2.05, 4.69) is 38.5 Å². The number of thiazole rings is 1. The smallest absolute Gasteiger partial charge is 0.271 e. The summed E-state index contributed by atoms with van der Waals surface area (Å²) in [6.07, 6.45) is 0. The molecule has 152 valence electrons. The summed E-state index contributed by atoms with van der Waals surface area (Å²) in [4.78, 5) is 21.4. The molecule has 7 nitrogen and oxygen atoms in total. The van der Waals surface area contributed by atoms with Gasteiger partial charge in [-0.3, -0.25) is 9.89 Å². The Morgan fingerprint density at radius 2 is 1.93 bits per heavy atom. The van der Waals surface area contributed by atoms with Gasteiger partial charge in [0.2, 0.25) is 0 Å². The SMILES string of the molecule is COc1ccc(-c2n[nH]c(CNC(=O)c3csc(-c4ccc(C)cc4C)n3)n2)cc1. The number of H-pyrrole nitrogens is 1. The van der Waals surface area contributed by atoms with E-state index in [1.165, 1.54) is 16.9 Å². The molecule has 2 aromatic carbocycles. The van der Waals surface area contributed by atoms with Gasteiger partial charge in [-0.05, 0) is 43.7 Å². The average molecular weight is 420 g/mol. The van der Waals surface area contributed by atoms with Crippen molar-refractivity contribution in [3.8, 4) is 27.7 Å². The topological polar surface area (TPSA) is 92.8 Å². The van der Waals surface area contributed by atoms with Crippen LogP contribution in [0, 0.1) is 13.8 Å². The number of benzene rings is 2. The Kier molecular flexibility index (Phi) is 5.58. The molecule has 0 atom stereocenters. The molecule has 0 aliphatic rings. The number of aryl methyl sites for hydroxylation is 2. The van der Waals surface area contributed by atoms with E-state index in [4.69, 9.17) is 4.74 Å². The van der Waals surface area contributed by atoms with Crippen LogP contribution in [0.5, 0.6) is 5.75 Å². The van der Waals surface area contributed by atoms with Crippen LogP contribution in [0.2, 0.25) is 0 Å². The quantitative estimate of drug-likeness (QED) is 0.490. The molecule has 0 radical (unpaired) electrons. The number of carbonyl (C=O) groups is 1. The number of rotatable bonds is 6. The van der Waals surface area contributed by atoms with Gasteiger partial charge in [-0.1, -0.05) is 23.8 Å². The molecule has 1 amide bonds. The minimum absolute atomic E-state index is 0.235. The van der Waals surface area contributed by atoms with Gasteiger partial charge >= 0.3 is 0 Å². The van der Waals surface area contributed by atoms with Gasteiger partial charge in [0.1, 0.15) is 22.3 Å². The van der Waals surface area contributed by atoms with Crippen molar-refractivity contribution in [1.82, 2.24) is 25.5 Å². The van der Waals surface area contributed by atoms with Gasteiger partial charge in [-0.25, -0.2) is 9.97 Å². The van der Waals surface area contributed by atoms with Gasteiger partial charge in [-0.15, -0.1) is 11.3 Å².